The van der Waals surface area contributed by atoms with E-state index in [0.717, 1.165) is 25.0 Å². The Hall–Kier alpha value is -0.220. The fourth-order valence-electron chi connectivity index (χ4n) is 1.13. The zero-order valence-electron chi connectivity index (χ0n) is 9.79. The zero-order chi connectivity index (χ0) is 11.5. The van der Waals surface area contributed by atoms with Crippen molar-refractivity contribution in [3.05, 3.63) is 0 Å². The summed E-state index contributed by atoms with van der Waals surface area (Å²) < 4.78 is 0. The van der Waals surface area contributed by atoms with Gasteiger partial charge in [-0.05, 0) is 18.6 Å². The van der Waals surface area contributed by atoms with Gasteiger partial charge in [-0.2, -0.15) is 11.8 Å². The Balaban J connectivity index is 3.32. The number of carbonyl (C=O) groups is 1. The second-order valence-electron chi connectivity index (χ2n) is 3.65. The number of thioether (sulfide) groups is 1. The molecule has 1 unspecified atom stereocenters. The van der Waals surface area contributed by atoms with Crippen molar-refractivity contribution in [3.8, 4) is 0 Å². The topological polar surface area (TPSA) is 49.3 Å². The summed E-state index contributed by atoms with van der Waals surface area (Å²) in [5.74, 6) is 1.59. The predicted octanol–water partition coefficient (Wildman–Crippen LogP) is 1.80. The highest BCUT2D eigenvalue weighted by Crippen LogP contribution is 2.03. The van der Waals surface area contributed by atoms with Crippen molar-refractivity contribution in [2.75, 3.05) is 18.1 Å². The van der Waals surface area contributed by atoms with Gasteiger partial charge in [-0.15, -0.1) is 0 Å². The highest BCUT2D eigenvalue weighted by Gasteiger charge is 2.05. The second-order valence-corrected chi connectivity index (χ2v) is 4.76. The number of hydrogen-bond donors (Lipinski definition) is 2. The average Bonchev–Trinajstić information content (AvgIpc) is 2.22. The van der Waals surface area contributed by atoms with Crippen LogP contribution in [0.3, 0.4) is 0 Å². The highest BCUT2D eigenvalue weighted by atomic mass is 32.2. The Bertz CT molecular complexity index is 165. The van der Waals surface area contributed by atoms with E-state index < -0.39 is 0 Å². The van der Waals surface area contributed by atoms with Crippen LogP contribution in [0.1, 0.15) is 39.5 Å². The van der Waals surface area contributed by atoms with Gasteiger partial charge in [0.15, 0.2) is 0 Å². The van der Waals surface area contributed by atoms with Crippen LogP contribution in [0.4, 0.5) is 0 Å². The third kappa shape index (κ3) is 10.1. The lowest BCUT2D eigenvalue weighted by Crippen LogP contribution is -2.33. The van der Waals surface area contributed by atoms with Crippen LogP contribution in [0, 0.1) is 0 Å². The van der Waals surface area contributed by atoms with Gasteiger partial charge in [0.1, 0.15) is 0 Å². The molecule has 3 nitrogen and oxygen atoms in total. The molecule has 0 aliphatic rings. The Kier molecular flexibility index (Phi) is 10.2. The molecule has 0 aromatic heterocycles. The Morgan fingerprint density at radius 1 is 1.40 bits per heavy atom. The molecule has 0 aromatic carbocycles. The van der Waals surface area contributed by atoms with E-state index in [1.165, 1.54) is 6.42 Å². The van der Waals surface area contributed by atoms with E-state index in [2.05, 4.69) is 12.2 Å². The van der Waals surface area contributed by atoms with Crippen LogP contribution in [-0.4, -0.2) is 35.2 Å². The normalized spacial score (nSPS) is 12.5. The largest absolute Gasteiger partial charge is 0.391 e. The second kappa shape index (κ2) is 10.3. The zero-order valence-corrected chi connectivity index (χ0v) is 10.6. The molecule has 0 bridgehead atoms. The number of aliphatic hydroxyl groups is 1. The van der Waals surface area contributed by atoms with E-state index in [1.54, 1.807) is 11.8 Å². The molecule has 1 atom stereocenters. The summed E-state index contributed by atoms with van der Waals surface area (Å²) in [5.41, 5.74) is 0. The monoisotopic (exact) mass is 233 g/mol. The molecule has 4 heteroatoms. The van der Waals surface area contributed by atoms with Crippen molar-refractivity contribution >= 4 is 17.7 Å². The van der Waals surface area contributed by atoms with Gasteiger partial charge in [0.05, 0.1) is 11.9 Å². The van der Waals surface area contributed by atoms with Crippen molar-refractivity contribution in [3.63, 3.8) is 0 Å². The smallest absolute Gasteiger partial charge is 0.230 e. The van der Waals surface area contributed by atoms with Crippen LogP contribution in [0.5, 0.6) is 0 Å². The summed E-state index contributed by atoms with van der Waals surface area (Å²) in [6, 6.07) is 0. The summed E-state index contributed by atoms with van der Waals surface area (Å²) in [4.78, 5) is 11.3. The van der Waals surface area contributed by atoms with Crippen molar-refractivity contribution in [2.45, 2.75) is 45.6 Å². The number of hydrogen-bond acceptors (Lipinski definition) is 3. The minimum atomic E-state index is -0.389. The molecule has 90 valence electrons. The van der Waals surface area contributed by atoms with Crippen molar-refractivity contribution in [1.82, 2.24) is 5.32 Å². The van der Waals surface area contributed by atoms with Crippen LogP contribution in [0.25, 0.3) is 0 Å². The Labute approximate surface area is 97.0 Å². The molecule has 0 rings (SSSR count). The number of amides is 1. The lowest BCUT2D eigenvalue weighted by molar-refractivity contribution is -0.119. The first kappa shape index (κ1) is 14.8. The SMILES string of the molecule is CCCCSCC(=O)NCC(O)CCC. The molecule has 0 aliphatic heterocycles. The minimum absolute atomic E-state index is 0.0336. The third-order valence-electron chi connectivity index (χ3n) is 2.03. The molecule has 0 saturated carbocycles. The number of unbranched alkanes of at least 4 members (excludes halogenated alkanes) is 1. The van der Waals surface area contributed by atoms with E-state index in [1.807, 2.05) is 6.92 Å². The molecule has 0 heterocycles. The van der Waals surface area contributed by atoms with Gasteiger partial charge in [-0.25, -0.2) is 0 Å². The van der Waals surface area contributed by atoms with Gasteiger partial charge in [0.25, 0.3) is 0 Å². The van der Waals surface area contributed by atoms with Gasteiger partial charge in [0, 0.05) is 6.54 Å². The number of nitrogens with one attached hydrogen (secondary N) is 1. The molecule has 0 spiro atoms. The highest BCUT2D eigenvalue weighted by molar-refractivity contribution is 7.99. The van der Waals surface area contributed by atoms with Gasteiger partial charge in [-0.3, -0.25) is 4.79 Å². The predicted molar refractivity (Wildman–Crippen MR) is 66.2 cm³/mol. The number of aliphatic hydroxyl groups excluding tert-OH is 1. The molecule has 0 radical (unpaired) electrons. The van der Waals surface area contributed by atoms with E-state index in [-0.39, 0.29) is 12.0 Å². The maximum absolute atomic E-state index is 11.3. The molecule has 0 fully saturated rings. The van der Waals surface area contributed by atoms with Crippen LogP contribution in [0.2, 0.25) is 0 Å². The lowest BCUT2D eigenvalue weighted by atomic mass is 10.2. The first-order valence-corrected chi connectivity index (χ1v) is 6.88. The van der Waals surface area contributed by atoms with Gasteiger partial charge >= 0.3 is 0 Å². The van der Waals surface area contributed by atoms with Gasteiger partial charge in [0.2, 0.25) is 5.91 Å². The third-order valence-corrected chi connectivity index (χ3v) is 3.08. The fourth-order valence-corrected chi connectivity index (χ4v) is 2.05. The average molecular weight is 233 g/mol. The standard InChI is InChI=1S/C11H23NO2S/c1-3-5-7-15-9-11(14)12-8-10(13)6-4-2/h10,13H,3-9H2,1-2H3,(H,12,14). The van der Waals surface area contributed by atoms with Crippen LogP contribution >= 0.6 is 11.8 Å². The molecular formula is C11H23NO2S. The number of rotatable bonds is 9. The molecule has 1 amide bonds. The van der Waals surface area contributed by atoms with E-state index in [9.17, 15) is 9.90 Å². The summed E-state index contributed by atoms with van der Waals surface area (Å²) >= 11 is 1.66. The summed E-state index contributed by atoms with van der Waals surface area (Å²) in [6.45, 7) is 4.55. The Morgan fingerprint density at radius 3 is 2.73 bits per heavy atom. The summed E-state index contributed by atoms with van der Waals surface area (Å²) in [5, 5.41) is 12.1. The summed E-state index contributed by atoms with van der Waals surface area (Å²) in [7, 11) is 0. The molecular weight excluding hydrogens is 210 g/mol. The fraction of sp³-hybridized carbons (Fsp3) is 0.909. The molecule has 0 aliphatic carbocycles. The number of carbonyl (C=O) groups excluding carboxylic acids is 1. The molecule has 2 N–H and O–H groups in total. The van der Waals surface area contributed by atoms with Crippen LogP contribution in [-0.2, 0) is 4.79 Å². The van der Waals surface area contributed by atoms with Crippen LogP contribution in [0.15, 0.2) is 0 Å². The quantitative estimate of drug-likeness (QED) is 0.597. The van der Waals surface area contributed by atoms with E-state index in [0.29, 0.717) is 12.3 Å². The van der Waals surface area contributed by atoms with Gasteiger partial charge in [-0.1, -0.05) is 26.7 Å². The molecule has 0 aromatic rings. The summed E-state index contributed by atoms with van der Waals surface area (Å²) in [6.07, 6.45) is 3.64. The Morgan fingerprint density at radius 2 is 2.13 bits per heavy atom. The van der Waals surface area contributed by atoms with Crippen molar-refractivity contribution in [2.24, 2.45) is 0 Å². The molecule has 15 heavy (non-hydrogen) atoms. The maximum Gasteiger partial charge on any atom is 0.230 e. The van der Waals surface area contributed by atoms with E-state index in [4.69, 9.17) is 0 Å². The van der Waals surface area contributed by atoms with Crippen molar-refractivity contribution in [1.29, 1.82) is 0 Å². The minimum Gasteiger partial charge on any atom is -0.391 e. The maximum atomic E-state index is 11.3. The first-order chi connectivity index (χ1) is 7.20. The van der Waals surface area contributed by atoms with Gasteiger partial charge < -0.3 is 10.4 Å². The van der Waals surface area contributed by atoms with Crippen LogP contribution < -0.4 is 5.32 Å². The first-order valence-electron chi connectivity index (χ1n) is 5.73. The molecule has 0 saturated heterocycles. The van der Waals surface area contributed by atoms with Crippen molar-refractivity contribution < 1.29 is 9.90 Å². The van der Waals surface area contributed by atoms with E-state index >= 15 is 0 Å². The lowest BCUT2D eigenvalue weighted by Gasteiger charge is -2.10.